The van der Waals surface area contributed by atoms with E-state index in [9.17, 15) is 4.79 Å². The van der Waals surface area contributed by atoms with Crippen LogP contribution in [0.1, 0.15) is 43.8 Å². The molecular formula is C18H26N2O3. The molecule has 23 heavy (non-hydrogen) atoms. The van der Waals surface area contributed by atoms with E-state index in [-0.39, 0.29) is 18.2 Å². The van der Waals surface area contributed by atoms with Gasteiger partial charge in [0.25, 0.3) is 0 Å². The van der Waals surface area contributed by atoms with Crippen LogP contribution in [0.3, 0.4) is 0 Å². The molecule has 2 fully saturated rings. The molecule has 0 radical (unpaired) electrons. The van der Waals surface area contributed by atoms with Crippen molar-refractivity contribution in [3.63, 3.8) is 0 Å². The lowest BCUT2D eigenvalue weighted by molar-refractivity contribution is 0.00225. The van der Waals surface area contributed by atoms with Crippen molar-refractivity contribution in [3.8, 4) is 0 Å². The average Bonchev–Trinajstić information content (AvgIpc) is 3.09. The molecule has 5 nitrogen and oxygen atoms in total. The van der Waals surface area contributed by atoms with Gasteiger partial charge in [0.15, 0.2) is 0 Å². The highest BCUT2D eigenvalue weighted by atomic mass is 16.5. The van der Waals surface area contributed by atoms with Gasteiger partial charge in [0.2, 0.25) is 0 Å². The zero-order valence-corrected chi connectivity index (χ0v) is 13.5. The minimum absolute atomic E-state index is 0.0714. The molecule has 3 atom stereocenters. The minimum Gasteiger partial charge on any atom is -0.378 e. The summed E-state index contributed by atoms with van der Waals surface area (Å²) in [4.78, 5) is 12.0. The van der Waals surface area contributed by atoms with Crippen molar-refractivity contribution in [2.75, 3.05) is 19.8 Å². The van der Waals surface area contributed by atoms with E-state index in [2.05, 4.69) is 22.8 Å². The number of carbonyl (C=O) groups is 1. The van der Waals surface area contributed by atoms with Gasteiger partial charge >= 0.3 is 6.03 Å². The normalized spacial score (nSPS) is 27.6. The second-order valence-electron chi connectivity index (χ2n) is 6.32. The zero-order chi connectivity index (χ0) is 15.9. The van der Waals surface area contributed by atoms with Crippen LogP contribution in [0.4, 0.5) is 4.79 Å². The summed E-state index contributed by atoms with van der Waals surface area (Å²) in [6.45, 7) is 2.21. The molecule has 0 aliphatic carbocycles. The van der Waals surface area contributed by atoms with Gasteiger partial charge in [-0.3, -0.25) is 0 Å². The number of ether oxygens (including phenoxy) is 2. The van der Waals surface area contributed by atoms with Gasteiger partial charge in [-0.05, 0) is 37.7 Å². The molecule has 0 unspecified atom stereocenters. The fourth-order valence-corrected chi connectivity index (χ4v) is 3.28. The van der Waals surface area contributed by atoms with Gasteiger partial charge in [0.1, 0.15) is 0 Å². The molecule has 2 heterocycles. The highest BCUT2D eigenvalue weighted by Crippen LogP contribution is 2.27. The predicted molar refractivity (Wildman–Crippen MR) is 88.3 cm³/mol. The van der Waals surface area contributed by atoms with E-state index in [1.54, 1.807) is 0 Å². The quantitative estimate of drug-likeness (QED) is 0.877. The van der Waals surface area contributed by atoms with Crippen molar-refractivity contribution in [1.82, 2.24) is 10.6 Å². The van der Waals surface area contributed by atoms with Gasteiger partial charge in [0.05, 0.1) is 12.2 Å². The SMILES string of the molecule is O=C(NCC[C@@H]1CCCO1)N[C@H]1CCO[C@@H](c2ccccc2)C1. The molecule has 2 aliphatic heterocycles. The topological polar surface area (TPSA) is 59.6 Å². The summed E-state index contributed by atoms with van der Waals surface area (Å²) >= 11 is 0. The third kappa shape index (κ3) is 4.94. The Morgan fingerprint density at radius 2 is 2.00 bits per heavy atom. The standard InChI is InChI=1S/C18H26N2O3/c21-18(19-10-8-16-7-4-11-22-16)20-15-9-12-23-17(13-15)14-5-2-1-3-6-14/h1-3,5-6,15-17H,4,7-13H2,(H2,19,20,21)/t15-,16-,17+/m0/s1. The van der Waals surface area contributed by atoms with Gasteiger partial charge in [-0.1, -0.05) is 30.3 Å². The van der Waals surface area contributed by atoms with Crippen LogP contribution in [-0.4, -0.2) is 37.9 Å². The molecule has 5 heteroatoms. The monoisotopic (exact) mass is 318 g/mol. The van der Waals surface area contributed by atoms with Gasteiger partial charge in [-0.25, -0.2) is 4.79 Å². The largest absolute Gasteiger partial charge is 0.378 e. The molecule has 0 aromatic heterocycles. The first-order valence-electron chi connectivity index (χ1n) is 8.64. The zero-order valence-electron chi connectivity index (χ0n) is 13.5. The number of urea groups is 1. The van der Waals surface area contributed by atoms with Crippen molar-refractivity contribution in [3.05, 3.63) is 35.9 Å². The number of rotatable bonds is 5. The number of nitrogens with one attached hydrogen (secondary N) is 2. The molecule has 2 N–H and O–H groups in total. The summed E-state index contributed by atoms with van der Waals surface area (Å²) in [7, 11) is 0. The summed E-state index contributed by atoms with van der Waals surface area (Å²) < 4.78 is 11.4. The third-order valence-corrected chi connectivity index (χ3v) is 4.57. The van der Waals surface area contributed by atoms with E-state index in [0.29, 0.717) is 19.3 Å². The molecule has 1 aromatic rings. The van der Waals surface area contributed by atoms with E-state index in [4.69, 9.17) is 9.47 Å². The van der Waals surface area contributed by atoms with E-state index >= 15 is 0 Å². The predicted octanol–water partition coefficient (Wildman–Crippen LogP) is 2.78. The number of carbonyl (C=O) groups excluding carboxylic acids is 1. The van der Waals surface area contributed by atoms with E-state index in [1.807, 2.05) is 18.2 Å². The highest BCUT2D eigenvalue weighted by Gasteiger charge is 2.25. The molecule has 0 bridgehead atoms. The Morgan fingerprint density at radius 3 is 2.78 bits per heavy atom. The van der Waals surface area contributed by atoms with Crippen molar-refractivity contribution in [1.29, 1.82) is 0 Å². The lowest BCUT2D eigenvalue weighted by Gasteiger charge is -2.30. The Morgan fingerprint density at radius 1 is 1.13 bits per heavy atom. The Balaban J connectivity index is 1.39. The number of hydrogen-bond acceptors (Lipinski definition) is 3. The highest BCUT2D eigenvalue weighted by molar-refractivity contribution is 5.74. The molecule has 2 saturated heterocycles. The van der Waals surface area contributed by atoms with E-state index in [0.717, 1.165) is 38.7 Å². The Labute approximate surface area is 137 Å². The first kappa shape index (κ1) is 16.3. The summed E-state index contributed by atoms with van der Waals surface area (Å²) in [5.41, 5.74) is 1.18. The van der Waals surface area contributed by atoms with E-state index in [1.165, 1.54) is 5.56 Å². The van der Waals surface area contributed by atoms with E-state index < -0.39 is 0 Å². The maximum absolute atomic E-state index is 12.0. The Bertz CT molecular complexity index is 488. The Kier molecular flexibility index (Phi) is 5.88. The molecule has 2 aliphatic rings. The van der Waals surface area contributed by atoms with Crippen molar-refractivity contribution < 1.29 is 14.3 Å². The van der Waals surface area contributed by atoms with Crippen molar-refractivity contribution >= 4 is 6.03 Å². The summed E-state index contributed by atoms with van der Waals surface area (Å²) in [5.74, 6) is 0. The van der Waals surface area contributed by atoms with Crippen LogP contribution in [0, 0.1) is 0 Å². The maximum Gasteiger partial charge on any atom is 0.315 e. The molecule has 3 rings (SSSR count). The van der Waals surface area contributed by atoms with Crippen LogP contribution in [0.15, 0.2) is 30.3 Å². The summed E-state index contributed by atoms with van der Waals surface area (Å²) in [5, 5.41) is 6.01. The molecule has 126 valence electrons. The number of hydrogen-bond donors (Lipinski definition) is 2. The van der Waals surface area contributed by atoms with Crippen LogP contribution in [0.25, 0.3) is 0 Å². The van der Waals surface area contributed by atoms with Crippen molar-refractivity contribution in [2.45, 2.75) is 50.4 Å². The minimum atomic E-state index is -0.0818. The van der Waals surface area contributed by atoms with Crippen LogP contribution in [-0.2, 0) is 9.47 Å². The Hall–Kier alpha value is -1.59. The molecule has 2 amide bonds. The van der Waals surface area contributed by atoms with Crippen LogP contribution < -0.4 is 10.6 Å². The van der Waals surface area contributed by atoms with Gasteiger partial charge in [-0.2, -0.15) is 0 Å². The van der Waals surface area contributed by atoms with Crippen molar-refractivity contribution in [2.24, 2.45) is 0 Å². The lowest BCUT2D eigenvalue weighted by atomic mass is 9.97. The molecule has 0 saturated carbocycles. The molecule has 1 aromatic carbocycles. The average molecular weight is 318 g/mol. The number of benzene rings is 1. The first-order chi connectivity index (χ1) is 11.3. The lowest BCUT2D eigenvalue weighted by Crippen LogP contribution is -2.45. The smallest absolute Gasteiger partial charge is 0.315 e. The summed E-state index contributed by atoms with van der Waals surface area (Å²) in [6, 6.07) is 10.3. The third-order valence-electron chi connectivity index (χ3n) is 4.57. The fraction of sp³-hybridized carbons (Fsp3) is 0.611. The summed E-state index contributed by atoms with van der Waals surface area (Å²) in [6.07, 6.45) is 5.23. The second kappa shape index (κ2) is 8.31. The van der Waals surface area contributed by atoms with Gasteiger partial charge in [-0.15, -0.1) is 0 Å². The second-order valence-corrected chi connectivity index (χ2v) is 6.32. The fourth-order valence-electron chi connectivity index (χ4n) is 3.28. The number of amides is 2. The maximum atomic E-state index is 12.0. The van der Waals surface area contributed by atoms with Gasteiger partial charge in [0, 0.05) is 25.8 Å². The van der Waals surface area contributed by atoms with Crippen LogP contribution >= 0.6 is 0 Å². The van der Waals surface area contributed by atoms with Crippen LogP contribution in [0.5, 0.6) is 0 Å². The van der Waals surface area contributed by atoms with Gasteiger partial charge < -0.3 is 20.1 Å². The van der Waals surface area contributed by atoms with Crippen LogP contribution in [0.2, 0.25) is 0 Å². The molecule has 0 spiro atoms. The molecular weight excluding hydrogens is 292 g/mol. The first-order valence-corrected chi connectivity index (χ1v) is 8.64.